The molecule has 1 fully saturated rings. The largest absolute Gasteiger partial charge is 0.479 e. The Morgan fingerprint density at radius 1 is 1.43 bits per heavy atom. The third kappa shape index (κ3) is 4.03. The van der Waals surface area contributed by atoms with Gasteiger partial charge in [-0.05, 0) is 11.5 Å². The van der Waals surface area contributed by atoms with Gasteiger partial charge >= 0.3 is 5.97 Å². The Morgan fingerprint density at radius 3 is 2.71 bits per heavy atom. The first-order chi connectivity index (χ1) is 9.90. The molecule has 1 aliphatic heterocycles. The van der Waals surface area contributed by atoms with Crippen molar-refractivity contribution < 1.29 is 23.1 Å². The van der Waals surface area contributed by atoms with Crippen molar-refractivity contribution in [2.24, 2.45) is 0 Å². The fourth-order valence-electron chi connectivity index (χ4n) is 2.33. The average Bonchev–Trinajstić information content (AvgIpc) is 2.48. The van der Waals surface area contributed by atoms with E-state index in [0.717, 1.165) is 5.56 Å². The maximum Gasteiger partial charge on any atom is 0.334 e. The first-order valence-corrected chi connectivity index (χ1v) is 8.38. The molecule has 1 aromatic rings. The third-order valence-electron chi connectivity index (χ3n) is 3.53. The highest BCUT2D eigenvalue weighted by Crippen LogP contribution is 2.20. The van der Waals surface area contributed by atoms with Crippen molar-refractivity contribution in [1.29, 1.82) is 0 Å². The Kier molecular flexibility index (Phi) is 4.97. The van der Waals surface area contributed by atoms with Gasteiger partial charge in [0.25, 0.3) is 0 Å². The molecule has 2 unspecified atom stereocenters. The molecule has 2 rings (SSSR count). The second-order valence-corrected chi connectivity index (χ2v) is 7.16. The van der Waals surface area contributed by atoms with Crippen LogP contribution in [0.5, 0.6) is 0 Å². The van der Waals surface area contributed by atoms with E-state index in [0.29, 0.717) is 0 Å². The van der Waals surface area contributed by atoms with Crippen molar-refractivity contribution in [3.63, 3.8) is 0 Å². The van der Waals surface area contributed by atoms with Crippen molar-refractivity contribution in [2.45, 2.75) is 18.9 Å². The Morgan fingerprint density at radius 2 is 2.10 bits per heavy atom. The molecule has 1 heterocycles. The van der Waals surface area contributed by atoms with Crippen LogP contribution >= 0.6 is 0 Å². The third-order valence-corrected chi connectivity index (χ3v) is 5.57. The number of ether oxygens (including phenoxy) is 1. The van der Waals surface area contributed by atoms with Crippen LogP contribution in [-0.2, 0) is 19.6 Å². The van der Waals surface area contributed by atoms with Gasteiger partial charge in [-0.1, -0.05) is 37.3 Å². The number of carboxylic acids is 1. The van der Waals surface area contributed by atoms with E-state index in [9.17, 15) is 13.2 Å². The number of carbonyl (C=O) groups is 1. The van der Waals surface area contributed by atoms with Crippen LogP contribution in [0.1, 0.15) is 18.4 Å². The first-order valence-electron chi connectivity index (χ1n) is 6.77. The SMILES string of the molecule is CC(CS(=O)(=O)N1CCOC(C(=O)O)C1)c1ccccc1. The Balaban J connectivity index is 2.06. The van der Waals surface area contributed by atoms with E-state index in [1.54, 1.807) is 0 Å². The highest BCUT2D eigenvalue weighted by atomic mass is 32.2. The van der Waals surface area contributed by atoms with Gasteiger partial charge in [0.1, 0.15) is 0 Å². The Bertz CT molecular complexity index is 587. The van der Waals surface area contributed by atoms with Gasteiger partial charge in [0, 0.05) is 6.54 Å². The van der Waals surface area contributed by atoms with Crippen LogP contribution < -0.4 is 0 Å². The molecule has 1 aliphatic rings. The number of morpholine rings is 1. The summed E-state index contributed by atoms with van der Waals surface area (Å²) in [5, 5.41) is 8.94. The molecule has 21 heavy (non-hydrogen) atoms. The predicted octanol–water partition coefficient (Wildman–Crippen LogP) is 0.905. The quantitative estimate of drug-likeness (QED) is 0.873. The van der Waals surface area contributed by atoms with E-state index >= 15 is 0 Å². The number of nitrogens with zero attached hydrogens (tertiary/aromatic N) is 1. The summed E-state index contributed by atoms with van der Waals surface area (Å²) in [7, 11) is -3.51. The molecular weight excluding hydrogens is 294 g/mol. The number of hydrogen-bond donors (Lipinski definition) is 1. The highest BCUT2D eigenvalue weighted by Gasteiger charge is 2.33. The standard InChI is InChI=1S/C14H19NO5S/c1-11(12-5-3-2-4-6-12)10-21(18,19)15-7-8-20-13(9-15)14(16)17/h2-6,11,13H,7-10H2,1H3,(H,16,17). The van der Waals surface area contributed by atoms with Crippen molar-refractivity contribution >= 4 is 16.0 Å². The van der Waals surface area contributed by atoms with E-state index in [1.165, 1.54) is 4.31 Å². The maximum atomic E-state index is 12.4. The molecule has 7 heteroatoms. The van der Waals surface area contributed by atoms with Crippen LogP contribution in [0.3, 0.4) is 0 Å². The summed E-state index contributed by atoms with van der Waals surface area (Å²) in [6.45, 7) is 2.03. The zero-order valence-electron chi connectivity index (χ0n) is 11.8. The molecule has 0 spiro atoms. The van der Waals surface area contributed by atoms with Crippen molar-refractivity contribution in [3.8, 4) is 0 Å². The summed E-state index contributed by atoms with van der Waals surface area (Å²) >= 11 is 0. The molecular formula is C14H19NO5S. The normalized spacial score (nSPS) is 21.9. The Labute approximate surface area is 124 Å². The first kappa shape index (κ1) is 15.9. The minimum Gasteiger partial charge on any atom is -0.479 e. The van der Waals surface area contributed by atoms with Gasteiger partial charge in [0.05, 0.1) is 18.9 Å². The zero-order valence-corrected chi connectivity index (χ0v) is 12.6. The average molecular weight is 313 g/mol. The van der Waals surface area contributed by atoms with Crippen molar-refractivity contribution in [3.05, 3.63) is 35.9 Å². The lowest BCUT2D eigenvalue weighted by molar-refractivity contribution is -0.153. The number of aliphatic carboxylic acids is 1. The van der Waals surface area contributed by atoms with Crippen LogP contribution in [0, 0.1) is 0 Å². The van der Waals surface area contributed by atoms with E-state index in [4.69, 9.17) is 9.84 Å². The molecule has 1 saturated heterocycles. The number of carboxylic acid groups (broad SMARTS) is 1. The number of rotatable bonds is 5. The van der Waals surface area contributed by atoms with E-state index in [-0.39, 0.29) is 31.4 Å². The second kappa shape index (κ2) is 6.55. The van der Waals surface area contributed by atoms with Crippen LogP contribution in [0.4, 0.5) is 0 Å². The molecule has 116 valence electrons. The summed E-state index contributed by atoms with van der Waals surface area (Å²) < 4.78 is 31.1. The van der Waals surface area contributed by atoms with Gasteiger partial charge < -0.3 is 9.84 Å². The molecule has 0 aromatic heterocycles. The highest BCUT2D eigenvalue weighted by molar-refractivity contribution is 7.89. The van der Waals surface area contributed by atoms with Crippen molar-refractivity contribution in [1.82, 2.24) is 4.31 Å². The van der Waals surface area contributed by atoms with E-state index < -0.39 is 22.1 Å². The molecule has 0 aliphatic carbocycles. The number of hydrogen-bond acceptors (Lipinski definition) is 4. The lowest BCUT2D eigenvalue weighted by Crippen LogP contribution is -2.49. The molecule has 0 bridgehead atoms. The fourth-order valence-corrected chi connectivity index (χ4v) is 4.08. The fraction of sp³-hybridized carbons (Fsp3) is 0.500. The second-order valence-electron chi connectivity index (χ2n) is 5.15. The monoisotopic (exact) mass is 313 g/mol. The molecule has 0 radical (unpaired) electrons. The summed E-state index contributed by atoms with van der Waals surface area (Å²) in [6.07, 6.45) is -1.08. The van der Waals surface area contributed by atoms with Crippen molar-refractivity contribution in [2.75, 3.05) is 25.4 Å². The van der Waals surface area contributed by atoms with Gasteiger partial charge in [-0.3, -0.25) is 0 Å². The summed E-state index contributed by atoms with van der Waals surface area (Å²) in [6, 6.07) is 9.39. The van der Waals surface area contributed by atoms with E-state index in [2.05, 4.69) is 0 Å². The Hall–Kier alpha value is -1.44. The molecule has 0 amide bonds. The van der Waals surface area contributed by atoms with Crippen LogP contribution in [0.15, 0.2) is 30.3 Å². The van der Waals surface area contributed by atoms with Gasteiger partial charge in [0.15, 0.2) is 6.10 Å². The minimum atomic E-state index is -3.51. The van der Waals surface area contributed by atoms with E-state index in [1.807, 2.05) is 37.3 Å². The number of benzene rings is 1. The molecule has 2 atom stereocenters. The molecule has 6 nitrogen and oxygen atoms in total. The topological polar surface area (TPSA) is 83.9 Å². The predicted molar refractivity (Wildman–Crippen MR) is 77.6 cm³/mol. The smallest absolute Gasteiger partial charge is 0.334 e. The lowest BCUT2D eigenvalue weighted by atomic mass is 10.0. The van der Waals surface area contributed by atoms with Gasteiger partial charge in [-0.15, -0.1) is 0 Å². The lowest BCUT2D eigenvalue weighted by Gasteiger charge is -2.30. The van der Waals surface area contributed by atoms with Gasteiger partial charge in [-0.2, -0.15) is 4.31 Å². The zero-order chi connectivity index (χ0) is 15.5. The van der Waals surface area contributed by atoms with Gasteiger partial charge in [-0.25, -0.2) is 13.2 Å². The summed E-state index contributed by atoms with van der Waals surface area (Å²) in [4.78, 5) is 10.9. The van der Waals surface area contributed by atoms with Crippen LogP contribution in [-0.4, -0.2) is 55.4 Å². The van der Waals surface area contributed by atoms with Crippen LogP contribution in [0.2, 0.25) is 0 Å². The maximum absolute atomic E-state index is 12.4. The number of sulfonamides is 1. The van der Waals surface area contributed by atoms with Crippen LogP contribution in [0.25, 0.3) is 0 Å². The minimum absolute atomic E-state index is 0.0383. The molecule has 1 aromatic carbocycles. The summed E-state index contributed by atoms with van der Waals surface area (Å²) in [5.74, 6) is -1.32. The molecule has 0 saturated carbocycles. The molecule has 1 N–H and O–H groups in total. The van der Waals surface area contributed by atoms with Gasteiger partial charge in [0.2, 0.25) is 10.0 Å². The summed E-state index contributed by atoms with van der Waals surface area (Å²) in [5.41, 5.74) is 0.948.